The molecule has 1 aliphatic rings. The molecule has 1 heterocycles. The molecule has 0 amide bonds. The number of rotatable bonds is 55. The van der Waals surface area contributed by atoms with Crippen LogP contribution in [0.25, 0.3) is 0 Å². The van der Waals surface area contributed by atoms with Gasteiger partial charge < -0.3 is 39.0 Å². The van der Waals surface area contributed by atoms with Crippen molar-refractivity contribution in [3.63, 3.8) is 0 Å². The minimum Gasteiger partial charge on any atom is -0.479 e. The Morgan fingerprint density at radius 2 is 0.783 bits per heavy atom. The van der Waals surface area contributed by atoms with E-state index in [1.54, 1.807) is 0 Å². The van der Waals surface area contributed by atoms with Crippen LogP contribution in [0.2, 0.25) is 0 Å². The molecular formula is C71H116O12. The molecule has 472 valence electrons. The Morgan fingerprint density at radius 1 is 0.410 bits per heavy atom. The Bertz CT molecular complexity index is 1860. The third-order valence-electron chi connectivity index (χ3n) is 14.3. The van der Waals surface area contributed by atoms with Gasteiger partial charge in [0.2, 0.25) is 0 Å². The van der Waals surface area contributed by atoms with Gasteiger partial charge in [-0.2, -0.15) is 0 Å². The first-order valence-electron chi connectivity index (χ1n) is 32.9. The Kier molecular flexibility index (Phi) is 53.2. The van der Waals surface area contributed by atoms with Crippen LogP contribution in [0.4, 0.5) is 0 Å². The van der Waals surface area contributed by atoms with Crippen molar-refractivity contribution in [2.75, 3.05) is 13.2 Å². The summed E-state index contributed by atoms with van der Waals surface area (Å²) in [5.41, 5.74) is 0. The number of allylic oxidation sites excluding steroid dienone is 18. The number of carboxylic acid groups (broad SMARTS) is 1. The van der Waals surface area contributed by atoms with Crippen molar-refractivity contribution >= 4 is 23.9 Å². The zero-order valence-corrected chi connectivity index (χ0v) is 52.2. The maximum absolute atomic E-state index is 13.2. The van der Waals surface area contributed by atoms with Crippen molar-refractivity contribution in [1.82, 2.24) is 0 Å². The standard InChI is InChI=1S/C71H116O12/c1-4-7-10-13-16-19-22-25-28-30-32-34-37-39-42-45-48-51-54-57-63(72)79-60-62(81-64(73)58-55-52-49-46-43-40-36-27-24-21-18-15-12-9-6-3)61-80-71-69(67(76)66(75)68(83-71)70(77)78)82-65(74)59-56-53-50-47-44-41-38-35-33-31-29-26-23-20-17-14-11-8-5-2/h8,11,16-17,19-20,25-29,33,35-36,41,44,50,53,62,66-69,71,75-76H,4-7,9-10,12-15,18,21-24,30-32,34,37-40,42-43,45-49,51-52,54-61H2,1-3H3,(H,77,78)/b11-8-,19-16-,20-17-,28-25-,29-26-,35-33-,36-27-,44-41-,53-50-. The lowest BCUT2D eigenvalue weighted by Crippen LogP contribution is -2.61. The monoisotopic (exact) mass is 1160 g/mol. The van der Waals surface area contributed by atoms with Crippen LogP contribution >= 0.6 is 0 Å². The molecule has 1 rings (SSSR count). The van der Waals surface area contributed by atoms with Gasteiger partial charge in [-0.3, -0.25) is 14.4 Å². The van der Waals surface area contributed by atoms with E-state index >= 15 is 0 Å². The van der Waals surface area contributed by atoms with E-state index in [0.717, 1.165) is 103 Å². The van der Waals surface area contributed by atoms with Crippen molar-refractivity contribution in [2.45, 2.75) is 302 Å². The number of esters is 3. The molecule has 1 aliphatic heterocycles. The summed E-state index contributed by atoms with van der Waals surface area (Å²) in [7, 11) is 0. The van der Waals surface area contributed by atoms with E-state index in [0.29, 0.717) is 25.7 Å². The second kappa shape index (κ2) is 57.8. The maximum Gasteiger partial charge on any atom is 0.335 e. The van der Waals surface area contributed by atoms with Gasteiger partial charge in [-0.15, -0.1) is 0 Å². The summed E-state index contributed by atoms with van der Waals surface area (Å²) in [4.78, 5) is 51.3. The average molecular weight is 1160 g/mol. The summed E-state index contributed by atoms with van der Waals surface area (Å²) in [6, 6.07) is 0. The Labute approximate surface area is 504 Å². The summed E-state index contributed by atoms with van der Waals surface area (Å²) >= 11 is 0. The highest BCUT2D eigenvalue weighted by Crippen LogP contribution is 2.26. The van der Waals surface area contributed by atoms with Crippen LogP contribution in [0, 0.1) is 0 Å². The molecule has 1 fully saturated rings. The first kappa shape index (κ1) is 76.4. The first-order valence-corrected chi connectivity index (χ1v) is 32.9. The van der Waals surface area contributed by atoms with Crippen LogP contribution in [-0.2, 0) is 42.9 Å². The predicted octanol–water partition coefficient (Wildman–Crippen LogP) is 17.8. The van der Waals surface area contributed by atoms with Gasteiger partial charge >= 0.3 is 23.9 Å². The zero-order chi connectivity index (χ0) is 60.3. The second-order valence-electron chi connectivity index (χ2n) is 22.0. The number of hydrogen-bond acceptors (Lipinski definition) is 11. The zero-order valence-electron chi connectivity index (χ0n) is 52.2. The smallest absolute Gasteiger partial charge is 0.335 e. The minimum atomic E-state index is -1.94. The third kappa shape index (κ3) is 47.3. The molecular weight excluding hydrogens is 1040 g/mol. The molecule has 0 radical (unpaired) electrons. The molecule has 3 N–H and O–H groups in total. The van der Waals surface area contributed by atoms with Gasteiger partial charge in [0, 0.05) is 19.3 Å². The highest BCUT2D eigenvalue weighted by molar-refractivity contribution is 5.74. The van der Waals surface area contributed by atoms with E-state index in [2.05, 4.69) is 112 Å². The van der Waals surface area contributed by atoms with Gasteiger partial charge in [-0.25, -0.2) is 4.79 Å². The van der Waals surface area contributed by atoms with Crippen molar-refractivity contribution in [3.05, 3.63) is 109 Å². The van der Waals surface area contributed by atoms with Gasteiger partial charge in [0.1, 0.15) is 18.8 Å². The van der Waals surface area contributed by atoms with E-state index in [1.807, 2.05) is 18.2 Å². The van der Waals surface area contributed by atoms with Crippen LogP contribution in [0.3, 0.4) is 0 Å². The summed E-state index contributed by atoms with van der Waals surface area (Å²) in [6.45, 7) is 5.83. The molecule has 0 saturated carbocycles. The van der Waals surface area contributed by atoms with Crippen molar-refractivity contribution in [3.8, 4) is 0 Å². The maximum atomic E-state index is 13.2. The van der Waals surface area contributed by atoms with E-state index in [9.17, 15) is 34.5 Å². The molecule has 6 unspecified atom stereocenters. The van der Waals surface area contributed by atoms with Gasteiger partial charge in [0.25, 0.3) is 0 Å². The summed E-state index contributed by atoms with van der Waals surface area (Å²) < 4.78 is 28.4. The van der Waals surface area contributed by atoms with Crippen molar-refractivity contribution in [2.24, 2.45) is 0 Å². The number of aliphatic hydroxyl groups is 2. The minimum absolute atomic E-state index is 0.0701. The lowest BCUT2D eigenvalue weighted by Gasteiger charge is -2.40. The molecule has 0 bridgehead atoms. The first-order chi connectivity index (χ1) is 40.6. The Morgan fingerprint density at radius 3 is 1.24 bits per heavy atom. The van der Waals surface area contributed by atoms with Crippen LogP contribution in [-0.4, -0.2) is 89.2 Å². The molecule has 0 aliphatic carbocycles. The van der Waals surface area contributed by atoms with Crippen LogP contribution in [0.15, 0.2) is 109 Å². The van der Waals surface area contributed by atoms with Gasteiger partial charge in [0.15, 0.2) is 24.6 Å². The van der Waals surface area contributed by atoms with Crippen LogP contribution in [0.5, 0.6) is 0 Å². The fourth-order valence-corrected chi connectivity index (χ4v) is 9.30. The number of carbonyl (C=O) groups is 4. The van der Waals surface area contributed by atoms with Crippen LogP contribution in [0.1, 0.15) is 265 Å². The van der Waals surface area contributed by atoms with Gasteiger partial charge in [0.05, 0.1) is 6.61 Å². The molecule has 0 aromatic carbocycles. The van der Waals surface area contributed by atoms with E-state index < -0.39 is 67.3 Å². The quantitative estimate of drug-likeness (QED) is 0.0228. The van der Waals surface area contributed by atoms with E-state index in [4.69, 9.17) is 23.7 Å². The summed E-state index contributed by atoms with van der Waals surface area (Å²) in [5.74, 6) is -3.25. The molecule has 1 saturated heterocycles. The van der Waals surface area contributed by atoms with Gasteiger partial charge in [-0.1, -0.05) is 239 Å². The second-order valence-corrected chi connectivity index (χ2v) is 22.0. The number of aliphatic hydroxyl groups excluding tert-OH is 2. The topological polar surface area (TPSA) is 175 Å². The summed E-state index contributed by atoms with van der Waals surface area (Å²) in [6.07, 6.45) is 66.3. The fraction of sp³-hybridized carbons (Fsp3) is 0.690. The molecule has 12 nitrogen and oxygen atoms in total. The normalized spacial score (nSPS) is 18.3. The number of hydrogen-bond donors (Lipinski definition) is 3. The molecule has 6 atom stereocenters. The Balaban J connectivity index is 2.70. The molecule has 0 aromatic rings. The van der Waals surface area contributed by atoms with Crippen LogP contribution < -0.4 is 0 Å². The number of ether oxygens (including phenoxy) is 5. The van der Waals surface area contributed by atoms with E-state index in [-0.39, 0.29) is 25.9 Å². The van der Waals surface area contributed by atoms with Crippen molar-refractivity contribution < 1.29 is 58.2 Å². The number of carbonyl (C=O) groups excluding carboxylic acids is 3. The molecule has 12 heteroatoms. The predicted molar refractivity (Wildman–Crippen MR) is 340 cm³/mol. The SMILES string of the molecule is CC/C=C\C/C=C\C/C=C\C/C=C\C/C=C\C/C=C\CCC(=O)OC1C(OCC(COC(=O)CCCCCCCCCCC/C=C\C/C=C\CCCCC)OC(=O)CCCCCCC/C=C\CCCCCCCC)OC(C(=O)O)C(O)C1O. The lowest BCUT2D eigenvalue weighted by atomic mass is 9.98. The highest BCUT2D eigenvalue weighted by Gasteiger charge is 2.50. The highest BCUT2D eigenvalue weighted by atomic mass is 16.7. The summed E-state index contributed by atoms with van der Waals surface area (Å²) in [5, 5.41) is 31.6. The Hall–Kier alpha value is -4.62. The number of unbranched alkanes of at least 4 members (excludes halogenated alkanes) is 23. The molecule has 0 spiro atoms. The molecule has 83 heavy (non-hydrogen) atoms. The van der Waals surface area contributed by atoms with Crippen molar-refractivity contribution in [1.29, 1.82) is 0 Å². The fourth-order valence-electron chi connectivity index (χ4n) is 9.30. The number of carboxylic acids is 1. The van der Waals surface area contributed by atoms with E-state index in [1.165, 1.54) is 96.3 Å². The number of aliphatic carboxylic acids is 1. The third-order valence-corrected chi connectivity index (χ3v) is 14.3. The molecule has 0 aromatic heterocycles. The average Bonchev–Trinajstić information content (AvgIpc) is 3.60. The van der Waals surface area contributed by atoms with Gasteiger partial charge in [-0.05, 0) is 116 Å². The lowest BCUT2D eigenvalue weighted by molar-refractivity contribution is -0.301. The largest absolute Gasteiger partial charge is 0.479 e.